The van der Waals surface area contributed by atoms with E-state index in [1.165, 1.54) is 44.3 Å². The summed E-state index contributed by atoms with van der Waals surface area (Å²) in [5.41, 5.74) is 4.26. The number of unbranched alkanes of at least 4 members (excludes halogenated alkanes) is 1. The lowest BCUT2D eigenvalue weighted by atomic mass is 10.1. The van der Waals surface area contributed by atoms with Crippen LogP contribution in [0.25, 0.3) is 22.4 Å². The number of imidazole rings is 1. The standard InChI is InChI=1S/C37H47ClN4O3/c1-2-3-21-42-35-27-31(44-25-22-40-17-4-5-18-40)13-15-34(35)39-37(42)33-14-12-32(43-24-16-29-8-10-30(38)11-9-29)28-36(33)45-26-23-41-19-6-7-20-41/h8-15,27-28H,2-7,16-26H2,1H3. The molecule has 2 aliphatic rings. The van der Waals surface area contributed by atoms with Crippen molar-refractivity contribution >= 4 is 22.6 Å². The molecule has 0 aliphatic carbocycles. The van der Waals surface area contributed by atoms with Crippen molar-refractivity contribution in [2.24, 2.45) is 0 Å². The molecule has 0 spiro atoms. The summed E-state index contributed by atoms with van der Waals surface area (Å²) in [6.07, 6.45) is 8.11. The second-order valence-electron chi connectivity index (χ2n) is 12.3. The number of hydrogen-bond donors (Lipinski definition) is 0. The first kappa shape index (κ1) is 31.7. The zero-order valence-corrected chi connectivity index (χ0v) is 27.4. The Balaban J connectivity index is 1.24. The molecule has 8 heteroatoms. The molecule has 2 aliphatic heterocycles. The molecule has 0 amide bonds. The van der Waals surface area contributed by atoms with Gasteiger partial charge in [0.25, 0.3) is 0 Å². The summed E-state index contributed by atoms with van der Waals surface area (Å²) in [5, 5.41) is 0.747. The number of ether oxygens (including phenoxy) is 3. The molecule has 0 radical (unpaired) electrons. The molecule has 4 aromatic rings. The maximum Gasteiger partial charge on any atom is 0.144 e. The molecule has 0 bridgehead atoms. The average Bonchev–Trinajstić information content (AvgIpc) is 3.84. The number of benzene rings is 3. The molecule has 0 N–H and O–H groups in total. The Hall–Kier alpha value is -3.26. The van der Waals surface area contributed by atoms with Crippen LogP contribution in [0.4, 0.5) is 0 Å². The van der Waals surface area contributed by atoms with Gasteiger partial charge in [0.2, 0.25) is 0 Å². The molecule has 0 unspecified atom stereocenters. The van der Waals surface area contributed by atoms with Gasteiger partial charge in [0.1, 0.15) is 36.3 Å². The van der Waals surface area contributed by atoms with Crippen molar-refractivity contribution in [3.8, 4) is 28.6 Å². The van der Waals surface area contributed by atoms with Crippen LogP contribution in [0.5, 0.6) is 17.2 Å². The zero-order chi connectivity index (χ0) is 30.8. The van der Waals surface area contributed by atoms with E-state index >= 15 is 0 Å². The number of aromatic nitrogens is 2. The number of rotatable bonds is 16. The number of likely N-dealkylation sites (tertiary alicyclic amines) is 2. The first-order valence-corrected chi connectivity index (χ1v) is 17.3. The highest BCUT2D eigenvalue weighted by molar-refractivity contribution is 6.30. The lowest BCUT2D eigenvalue weighted by Gasteiger charge is -2.18. The van der Waals surface area contributed by atoms with Gasteiger partial charge >= 0.3 is 0 Å². The molecule has 3 aromatic carbocycles. The minimum absolute atomic E-state index is 0.573. The Kier molecular flexibility index (Phi) is 11.2. The average molecular weight is 631 g/mol. The van der Waals surface area contributed by atoms with Crippen molar-refractivity contribution in [3.05, 3.63) is 71.2 Å². The van der Waals surface area contributed by atoms with E-state index in [4.69, 9.17) is 30.8 Å². The first-order chi connectivity index (χ1) is 22.2. The van der Waals surface area contributed by atoms with Crippen molar-refractivity contribution in [3.63, 3.8) is 0 Å². The summed E-state index contributed by atoms with van der Waals surface area (Å²) in [4.78, 5) is 10.1. The molecule has 0 atom stereocenters. The monoisotopic (exact) mass is 630 g/mol. The Morgan fingerprint density at radius 1 is 0.711 bits per heavy atom. The summed E-state index contributed by atoms with van der Waals surface area (Å²) >= 11 is 6.06. The third-order valence-corrected chi connectivity index (χ3v) is 9.21. The first-order valence-electron chi connectivity index (χ1n) is 16.9. The molecule has 6 rings (SSSR count). The van der Waals surface area contributed by atoms with Crippen LogP contribution < -0.4 is 14.2 Å². The summed E-state index contributed by atoms with van der Waals surface area (Å²) in [7, 11) is 0. The largest absolute Gasteiger partial charge is 0.493 e. The fourth-order valence-electron chi connectivity index (χ4n) is 6.36. The van der Waals surface area contributed by atoms with E-state index in [0.717, 1.165) is 96.7 Å². The molecule has 7 nitrogen and oxygen atoms in total. The molecular formula is C37H47ClN4O3. The van der Waals surface area contributed by atoms with E-state index < -0.39 is 0 Å². The second-order valence-corrected chi connectivity index (χ2v) is 12.7. The van der Waals surface area contributed by atoms with Crippen LogP contribution in [-0.4, -0.2) is 78.4 Å². The lowest BCUT2D eigenvalue weighted by molar-refractivity contribution is 0.237. The Morgan fingerprint density at radius 3 is 2.07 bits per heavy atom. The van der Waals surface area contributed by atoms with Gasteiger partial charge in [-0.15, -0.1) is 0 Å². The van der Waals surface area contributed by atoms with Crippen molar-refractivity contribution in [2.75, 3.05) is 59.1 Å². The van der Waals surface area contributed by atoms with Gasteiger partial charge in [0, 0.05) is 43.2 Å². The van der Waals surface area contributed by atoms with Gasteiger partial charge in [-0.3, -0.25) is 9.80 Å². The van der Waals surface area contributed by atoms with E-state index in [2.05, 4.69) is 45.6 Å². The molecule has 0 saturated carbocycles. The maximum atomic E-state index is 6.53. The van der Waals surface area contributed by atoms with Gasteiger partial charge in [-0.25, -0.2) is 4.98 Å². The van der Waals surface area contributed by atoms with Gasteiger partial charge in [0.05, 0.1) is 23.2 Å². The number of aryl methyl sites for hydroxylation is 1. The Labute approximate surface area is 273 Å². The highest BCUT2D eigenvalue weighted by Gasteiger charge is 2.19. The Morgan fingerprint density at radius 2 is 1.36 bits per heavy atom. The van der Waals surface area contributed by atoms with Gasteiger partial charge in [-0.2, -0.15) is 0 Å². The van der Waals surface area contributed by atoms with Crippen LogP contribution in [0.2, 0.25) is 5.02 Å². The third kappa shape index (κ3) is 8.51. The number of halogens is 1. The topological polar surface area (TPSA) is 52.0 Å². The number of fused-ring (bicyclic) bond motifs is 1. The lowest BCUT2D eigenvalue weighted by Crippen LogP contribution is -2.25. The highest BCUT2D eigenvalue weighted by Crippen LogP contribution is 2.36. The quantitative estimate of drug-likeness (QED) is 0.126. The minimum Gasteiger partial charge on any atom is -0.493 e. The molecular weight excluding hydrogens is 584 g/mol. The van der Waals surface area contributed by atoms with Gasteiger partial charge in [-0.1, -0.05) is 37.1 Å². The molecule has 2 saturated heterocycles. The number of nitrogens with zero attached hydrogens (tertiary/aromatic N) is 4. The van der Waals surface area contributed by atoms with E-state index in [9.17, 15) is 0 Å². The van der Waals surface area contributed by atoms with E-state index in [1.54, 1.807) is 0 Å². The maximum absolute atomic E-state index is 6.53. The fraction of sp³-hybridized carbons (Fsp3) is 0.486. The summed E-state index contributed by atoms with van der Waals surface area (Å²) in [5.74, 6) is 3.44. The van der Waals surface area contributed by atoms with Crippen molar-refractivity contribution in [1.82, 2.24) is 19.4 Å². The van der Waals surface area contributed by atoms with E-state index in [1.807, 2.05) is 36.4 Å². The SMILES string of the molecule is CCCCn1c(-c2ccc(OCCc3ccc(Cl)cc3)cc2OCCN2CCCC2)nc2ccc(OCCN3CCCC3)cc21. The van der Waals surface area contributed by atoms with Gasteiger partial charge in [-0.05, 0) is 100 Å². The van der Waals surface area contributed by atoms with Crippen molar-refractivity contribution in [1.29, 1.82) is 0 Å². The van der Waals surface area contributed by atoms with E-state index in [0.29, 0.717) is 19.8 Å². The third-order valence-electron chi connectivity index (χ3n) is 8.96. The predicted molar refractivity (Wildman–Crippen MR) is 183 cm³/mol. The van der Waals surface area contributed by atoms with Gasteiger partial charge in [0.15, 0.2) is 0 Å². The van der Waals surface area contributed by atoms with Crippen LogP contribution >= 0.6 is 11.6 Å². The van der Waals surface area contributed by atoms with Crippen LogP contribution in [0, 0.1) is 0 Å². The Bertz CT molecular complexity index is 1510. The summed E-state index contributed by atoms with van der Waals surface area (Å²) in [6, 6.07) is 20.4. The van der Waals surface area contributed by atoms with E-state index in [-0.39, 0.29) is 0 Å². The highest BCUT2D eigenvalue weighted by atomic mass is 35.5. The van der Waals surface area contributed by atoms with Crippen LogP contribution in [0.3, 0.4) is 0 Å². The van der Waals surface area contributed by atoms with Crippen molar-refractivity contribution in [2.45, 2.75) is 58.4 Å². The van der Waals surface area contributed by atoms with Crippen molar-refractivity contribution < 1.29 is 14.2 Å². The van der Waals surface area contributed by atoms with Gasteiger partial charge < -0.3 is 18.8 Å². The fourth-order valence-corrected chi connectivity index (χ4v) is 6.49. The predicted octanol–water partition coefficient (Wildman–Crippen LogP) is 7.73. The molecule has 3 heterocycles. The molecule has 1 aromatic heterocycles. The van der Waals surface area contributed by atoms with Crippen LogP contribution in [0.1, 0.15) is 51.0 Å². The molecule has 2 fully saturated rings. The normalized spacial score (nSPS) is 15.7. The minimum atomic E-state index is 0.573. The molecule has 45 heavy (non-hydrogen) atoms. The van der Waals surface area contributed by atoms with Crippen LogP contribution in [-0.2, 0) is 13.0 Å². The zero-order valence-electron chi connectivity index (χ0n) is 26.7. The smallest absolute Gasteiger partial charge is 0.144 e. The van der Waals surface area contributed by atoms with Crippen LogP contribution in [0.15, 0.2) is 60.7 Å². The number of hydrogen-bond acceptors (Lipinski definition) is 6. The second kappa shape index (κ2) is 15.8. The summed E-state index contributed by atoms with van der Waals surface area (Å²) < 4.78 is 21.3. The molecule has 240 valence electrons. The summed E-state index contributed by atoms with van der Waals surface area (Å²) in [6.45, 7) is 11.6.